The molecule has 1 N–H and O–H groups in total. The highest BCUT2D eigenvalue weighted by atomic mass is 32.2. The number of rotatable bonds is 3. The van der Waals surface area contributed by atoms with Gasteiger partial charge in [0.05, 0.1) is 10.1 Å². The van der Waals surface area contributed by atoms with Gasteiger partial charge in [0.15, 0.2) is 20.9 Å². The third-order valence-corrected chi connectivity index (χ3v) is 5.86. The standard InChI is InChI=1S/C7H10O4S3/c1-5(2)14(10,11)6-3-7(12-4-6)13(8)9/h3-5H,1-2H3,(H,8,9). The Morgan fingerprint density at radius 3 is 2.43 bits per heavy atom. The molecule has 80 valence electrons. The molecular formula is C7H10O4S3. The molecule has 0 spiro atoms. The molecule has 0 saturated carbocycles. The average Bonchev–Trinajstić information content (AvgIpc) is 2.51. The first kappa shape index (κ1) is 11.8. The predicted octanol–water partition coefficient (Wildman–Crippen LogP) is 1.51. The van der Waals surface area contributed by atoms with Crippen molar-refractivity contribution in [1.29, 1.82) is 0 Å². The topological polar surface area (TPSA) is 71.4 Å². The zero-order chi connectivity index (χ0) is 10.9. The summed E-state index contributed by atoms with van der Waals surface area (Å²) in [6, 6.07) is 1.25. The second kappa shape index (κ2) is 4.09. The van der Waals surface area contributed by atoms with Crippen LogP contribution in [0.2, 0.25) is 0 Å². The fourth-order valence-electron chi connectivity index (χ4n) is 0.813. The SMILES string of the molecule is CC(C)S(=O)(=O)c1csc(S(=O)O)c1. The van der Waals surface area contributed by atoms with Crippen molar-refractivity contribution in [3.8, 4) is 0 Å². The van der Waals surface area contributed by atoms with E-state index in [1.54, 1.807) is 13.8 Å². The Morgan fingerprint density at radius 1 is 1.50 bits per heavy atom. The molecule has 7 heteroatoms. The van der Waals surface area contributed by atoms with E-state index in [9.17, 15) is 12.6 Å². The van der Waals surface area contributed by atoms with E-state index in [0.29, 0.717) is 0 Å². The molecule has 1 aromatic rings. The van der Waals surface area contributed by atoms with E-state index >= 15 is 0 Å². The minimum atomic E-state index is -3.32. The highest BCUT2D eigenvalue weighted by Crippen LogP contribution is 2.24. The van der Waals surface area contributed by atoms with Crippen LogP contribution in [-0.4, -0.2) is 22.4 Å². The highest BCUT2D eigenvalue weighted by molar-refractivity contribution is 7.92. The highest BCUT2D eigenvalue weighted by Gasteiger charge is 2.21. The normalized spacial score (nSPS) is 14.6. The van der Waals surface area contributed by atoms with E-state index in [0.717, 1.165) is 11.3 Å². The minimum absolute atomic E-state index is 0.120. The van der Waals surface area contributed by atoms with Gasteiger partial charge in [0.1, 0.15) is 4.21 Å². The van der Waals surface area contributed by atoms with Gasteiger partial charge in [-0.3, -0.25) is 0 Å². The van der Waals surface area contributed by atoms with Gasteiger partial charge in [-0.2, -0.15) is 0 Å². The van der Waals surface area contributed by atoms with Gasteiger partial charge in [0.25, 0.3) is 0 Å². The summed E-state index contributed by atoms with van der Waals surface area (Å²) >= 11 is -1.13. The molecule has 14 heavy (non-hydrogen) atoms. The molecule has 0 amide bonds. The molecule has 0 aliphatic carbocycles. The molecule has 4 nitrogen and oxygen atoms in total. The second-order valence-corrected chi connectivity index (χ2v) is 7.56. The van der Waals surface area contributed by atoms with Crippen LogP contribution in [0.25, 0.3) is 0 Å². The minimum Gasteiger partial charge on any atom is -0.302 e. The Kier molecular flexibility index (Phi) is 3.46. The van der Waals surface area contributed by atoms with E-state index in [1.165, 1.54) is 11.4 Å². The van der Waals surface area contributed by atoms with Crippen LogP contribution in [-0.2, 0) is 20.9 Å². The van der Waals surface area contributed by atoms with Crippen molar-refractivity contribution in [2.75, 3.05) is 0 Å². The number of thiophene rings is 1. The largest absolute Gasteiger partial charge is 0.302 e. The van der Waals surface area contributed by atoms with Gasteiger partial charge < -0.3 is 4.55 Å². The molecular weight excluding hydrogens is 244 g/mol. The molecule has 1 aromatic heterocycles. The zero-order valence-electron chi connectivity index (χ0n) is 7.63. The van der Waals surface area contributed by atoms with E-state index in [4.69, 9.17) is 4.55 Å². The quantitative estimate of drug-likeness (QED) is 0.830. The van der Waals surface area contributed by atoms with Crippen molar-refractivity contribution in [2.24, 2.45) is 0 Å². The summed E-state index contributed by atoms with van der Waals surface area (Å²) in [6.45, 7) is 3.14. The Labute approximate surface area is 89.2 Å². The maximum absolute atomic E-state index is 11.6. The first-order valence-electron chi connectivity index (χ1n) is 3.79. The number of sulfone groups is 1. The van der Waals surface area contributed by atoms with Crippen molar-refractivity contribution in [2.45, 2.75) is 28.2 Å². The zero-order valence-corrected chi connectivity index (χ0v) is 10.1. The van der Waals surface area contributed by atoms with Gasteiger partial charge in [-0.15, -0.1) is 11.3 Å². The summed E-state index contributed by atoms with van der Waals surface area (Å²) in [4.78, 5) is 0.120. The van der Waals surface area contributed by atoms with Crippen LogP contribution in [0.1, 0.15) is 13.8 Å². The molecule has 0 aliphatic heterocycles. The molecule has 1 unspecified atom stereocenters. The van der Waals surface area contributed by atoms with E-state index in [1.807, 2.05) is 0 Å². The fourth-order valence-corrected chi connectivity index (χ4v) is 3.67. The lowest BCUT2D eigenvalue weighted by molar-refractivity contribution is 0.566. The van der Waals surface area contributed by atoms with E-state index < -0.39 is 26.2 Å². The summed E-state index contributed by atoms with van der Waals surface area (Å²) in [6.07, 6.45) is 0. The number of hydrogen-bond donors (Lipinski definition) is 1. The van der Waals surface area contributed by atoms with Gasteiger partial charge in [-0.05, 0) is 19.9 Å². The van der Waals surface area contributed by atoms with E-state index in [2.05, 4.69) is 0 Å². The second-order valence-electron chi connectivity index (χ2n) is 2.94. The summed E-state index contributed by atoms with van der Waals surface area (Å²) in [5.74, 6) is 0. The predicted molar refractivity (Wildman–Crippen MR) is 55.7 cm³/mol. The van der Waals surface area contributed by atoms with Crippen molar-refractivity contribution in [1.82, 2.24) is 0 Å². The molecule has 0 fully saturated rings. The van der Waals surface area contributed by atoms with Crippen LogP contribution in [0.4, 0.5) is 0 Å². The summed E-state index contributed by atoms with van der Waals surface area (Å²) in [7, 11) is -3.32. The van der Waals surface area contributed by atoms with Crippen LogP contribution in [0.5, 0.6) is 0 Å². The Balaban J connectivity index is 3.16. The van der Waals surface area contributed by atoms with Crippen molar-refractivity contribution in [3.05, 3.63) is 11.4 Å². The molecule has 0 bridgehead atoms. The van der Waals surface area contributed by atoms with Gasteiger partial charge in [0, 0.05) is 5.38 Å². The van der Waals surface area contributed by atoms with Gasteiger partial charge in [-0.1, -0.05) is 0 Å². The Hall–Kier alpha value is -0.240. The smallest absolute Gasteiger partial charge is 0.196 e. The lowest BCUT2D eigenvalue weighted by atomic mass is 10.6. The summed E-state index contributed by atoms with van der Waals surface area (Å²) in [5.41, 5.74) is 0. The maximum atomic E-state index is 11.6. The first-order valence-corrected chi connectivity index (χ1v) is 7.32. The maximum Gasteiger partial charge on any atom is 0.196 e. The van der Waals surface area contributed by atoms with Crippen molar-refractivity contribution < 1.29 is 17.2 Å². The van der Waals surface area contributed by atoms with Crippen molar-refractivity contribution >= 4 is 32.3 Å². The van der Waals surface area contributed by atoms with Crippen LogP contribution in [0, 0.1) is 0 Å². The fraction of sp³-hybridized carbons (Fsp3) is 0.429. The summed E-state index contributed by atoms with van der Waals surface area (Å²) in [5, 5.41) is 0.871. The van der Waals surface area contributed by atoms with Crippen LogP contribution in [0.3, 0.4) is 0 Å². The third kappa shape index (κ3) is 2.22. The van der Waals surface area contributed by atoms with Crippen LogP contribution in [0.15, 0.2) is 20.6 Å². The van der Waals surface area contributed by atoms with E-state index in [-0.39, 0.29) is 9.10 Å². The molecule has 1 rings (SSSR count). The molecule has 0 radical (unpaired) electrons. The molecule has 0 aromatic carbocycles. The molecule has 0 saturated heterocycles. The van der Waals surface area contributed by atoms with Gasteiger partial charge in [0.2, 0.25) is 0 Å². The Bertz CT molecular complexity index is 443. The lowest BCUT2D eigenvalue weighted by Crippen LogP contribution is -2.12. The number of hydrogen-bond acceptors (Lipinski definition) is 4. The van der Waals surface area contributed by atoms with Gasteiger partial charge >= 0.3 is 0 Å². The van der Waals surface area contributed by atoms with Crippen molar-refractivity contribution in [3.63, 3.8) is 0 Å². The Morgan fingerprint density at radius 2 is 2.07 bits per heavy atom. The lowest BCUT2D eigenvalue weighted by Gasteiger charge is -2.03. The summed E-state index contributed by atoms with van der Waals surface area (Å²) < 4.78 is 42.7. The van der Waals surface area contributed by atoms with Gasteiger partial charge in [-0.25, -0.2) is 12.6 Å². The molecule has 0 aliphatic rings. The van der Waals surface area contributed by atoms with Crippen LogP contribution < -0.4 is 0 Å². The molecule has 1 atom stereocenters. The average molecular weight is 254 g/mol. The first-order chi connectivity index (χ1) is 6.35. The van der Waals surface area contributed by atoms with Crippen LogP contribution >= 0.6 is 11.3 Å². The third-order valence-electron chi connectivity index (χ3n) is 1.67. The molecule has 1 heterocycles. The monoisotopic (exact) mass is 254 g/mol.